The third kappa shape index (κ3) is 2.51. The lowest BCUT2D eigenvalue weighted by molar-refractivity contribution is 0.451. The van der Waals surface area contributed by atoms with Gasteiger partial charge in [0.05, 0.1) is 0 Å². The highest BCUT2D eigenvalue weighted by Crippen LogP contribution is 2.23. The third-order valence-corrected chi connectivity index (χ3v) is 2.53. The van der Waals surface area contributed by atoms with E-state index in [0.717, 1.165) is 12.5 Å². The Balaban J connectivity index is 2.94. The van der Waals surface area contributed by atoms with Crippen molar-refractivity contribution in [3.63, 3.8) is 0 Å². The van der Waals surface area contributed by atoms with Crippen molar-refractivity contribution in [2.45, 2.75) is 26.3 Å². The molecule has 0 aliphatic carbocycles. The van der Waals surface area contributed by atoms with Gasteiger partial charge in [-0.15, -0.1) is 0 Å². The van der Waals surface area contributed by atoms with E-state index in [9.17, 15) is 8.78 Å². The molecule has 2 atom stereocenters. The van der Waals surface area contributed by atoms with E-state index >= 15 is 0 Å². The number of nitrogens with two attached hydrogens (primary N) is 1. The van der Waals surface area contributed by atoms with Crippen molar-refractivity contribution < 1.29 is 8.78 Å². The van der Waals surface area contributed by atoms with Crippen LogP contribution < -0.4 is 5.73 Å². The van der Waals surface area contributed by atoms with Crippen molar-refractivity contribution in [2.75, 3.05) is 0 Å². The van der Waals surface area contributed by atoms with E-state index in [0.29, 0.717) is 5.56 Å². The minimum atomic E-state index is -0.571. The van der Waals surface area contributed by atoms with Crippen molar-refractivity contribution in [1.82, 2.24) is 0 Å². The van der Waals surface area contributed by atoms with Gasteiger partial charge in [-0.05, 0) is 23.6 Å². The van der Waals surface area contributed by atoms with E-state index in [2.05, 4.69) is 0 Å². The highest BCUT2D eigenvalue weighted by atomic mass is 19.1. The topological polar surface area (TPSA) is 26.0 Å². The Morgan fingerprint density at radius 1 is 1.21 bits per heavy atom. The summed E-state index contributed by atoms with van der Waals surface area (Å²) in [5, 5.41) is 0. The lowest BCUT2D eigenvalue weighted by Crippen LogP contribution is -2.18. The van der Waals surface area contributed by atoms with E-state index in [1.807, 2.05) is 13.8 Å². The Morgan fingerprint density at radius 2 is 1.71 bits per heavy atom. The highest BCUT2D eigenvalue weighted by Gasteiger charge is 2.14. The fraction of sp³-hybridized carbons (Fsp3) is 0.455. The van der Waals surface area contributed by atoms with Crippen molar-refractivity contribution in [3.8, 4) is 0 Å². The van der Waals surface area contributed by atoms with Crippen molar-refractivity contribution in [1.29, 1.82) is 0 Å². The van der Waals surface area contributed by atoms with Crippen LogP contribution in [0.2, 0.25) is 0 Å². The maximum atomic E-state index is 12.9. The molecule has 14 heavy (non-hydrogen) atoms. The second-order valence-corrected chi connectivity index (χ2v) is 3.61. The Bertz CT molecular complexity index is 292. The first kappa shape index (κ1) is 11.1. The predicted molar refractivity (Wildman–Crippen MR) is 52.7 cm³/mol. The van der Waals surface area contributed by atoms with Gasteiger partial charge < -0.3 is 5.73 Å². The quantitative estimate of drug-likeness (QED) is 0.795. The van der Waals surface area contributed by atoms with Gasteiger partial charge in [0.2, 0.25) is 0 Å². The van der Waals surface area contributed by atoms with Gasteiger partial charge in [-0.25, -0.2) is 8.78 Å². The van der Waals surface area contributed by atoms with Crippen LogP contribution in [0.1, 0.15) is 31.9 Å². The number of halogens is 2. The lowest BCUT2D eigenvalue weighted by atomic mass is 9.93. The van der Waals surface area contributed by atoms with Crippen LogP contribution in [0.15, 0.2) is 18.2 Å². The molecule has 0 saturated heterocycles. The Morgan fingerprint density at radius 3 is 2.14 bits per heavy atom. The summed E-state index contributed by atoms with van der Waals surface area (Å²) in [4.78, 5) is 0. The molecule has 0 bridgehead atoms. The molecule has 3 heteroatoms. The SMILES string of the molecule is CCC(C)[C@H](N)c1cc(F)cc(F)c1. The molecule has 0 amide bonds. The molecule has 0 heterocycles. The van der Waals surface area contributed by atoms with Crippen LogP contribution in [0.3, 0.4) is 0 Å². The number of rotatable bonds is 3. The summed E-state index contributed by atoms with van der Waals surface area (Å²) >= 11 is 0. The average molecular weight is 199 g/mol. The smallest absolute Gasteiger partial charge is 0.126 e. The molecule has 0 aliphatic rings. The van der Waals surface area contributed by atoms with Crippen LogP contribution in [0.4, 0.5) is 8.78 Å². The second kappa shape index (κ2) is 4.51. The number of benzene rings is 1. The molecule has 2 N–H and O–H groups in total. The van der Waals surface area contributed by atoms with Gasteiger partial charge in [0.15, 0.2) is 0 Å². The molecule has 0 saturated carbocycles. The molecule has 0 aromatic heterocycles. The van der Waals surface area contributed by atoms with E-state index in [1.54, 1.807) is 0 Å². The Kier molecular flexibility index (Phi) is 3.58. The summed E-state index contributed by atoms with van der Waals surface area (Å²) in [6.07, 6.45) is 0.888. The summed E-state index contributed by atoms with van der Waals surface area (Å²) in [5.41, 5.74) is 6.38. The fourth-order valence-corrected chi connectivity index (χ4v) is 1.35. The molecule has 1 rings (SSSR count). The molecule has 1 unspecified atom stereocenters. The van der Waals surface area contributed by atoms with Crippen LogP contribution in [-0.4, -0.2) is 0 Å². The normalized spacial score (nSPS) is 15.2. The van der Waals surface area contributed by atoms with Gasteiger partial charge in [-0.1, -0.05) is 20.3 Å². The molecular formula is C11H15F2N. The summed E-state index contributed by atoms with van der Waals surface area (Å²) in [6, 6.07) is 3.14. The highest BCUT2D eigenvalue weighted by molar-refractivity contribution is 5.21. The van der Waals surface area contributed by atoms with E-state index in [-0.39, 0.29) is 12.0 Å². The van der Waals surface area contributed by atoms with E-state index < -0.39 is 11.6 Å². The van der Waals surface area contributed by atoms with Gasteiger partial charge in [-0.3, -0.25) is 0 Å². The summed E-state index contributed by atoms with van der Waals surface area (Å²) in [7, 11) is 0. The summed E-state index contributed by atoms with van der Waals surface area (Å²) in [5.74, 6) is -0.922. The van der Waals surface area contributed by atoms with Gasteiger partial charge in [0.1, 0.15) is 11.6 Å². The zero-order chi connectivity index (χ0) is 10.7. The van der Waals surface area contributed by atoms with Gasteiger partial charge >= 0.3 is 0 Å². The van der Waals surface area contributed by atoms with Crippen LogP contribution in [0.5, 0.6) is 0 Å². The van der Waals surface area contributed by atoms with Crippen LogP contribution >= 0.6 is 0 Å². The minimum Gasteiger partial charge on any atom is -0.324 e. The Labute approximate surface area is 82.9 Å². The lowest BCUT2D eigenvalue weighted by Gasteiger charge is -2.18. The predicted octanol–water partition coefficient (Wildman–Crippen LogP) is 3.01. The molecule has 78 valence electrons. The van der Waals surface area contributed by atoms with Gasteiger partial charge in [-0.2, -0.15) is 0 Å². The second-order valence-electron chi connectivity index (χ2n) is 3.61. The molecule has 1 nitrogen and oxygen atoms in total. The van der Waals surface area contributed by atoms with E-state index in [4.69, 9.17) is 5.73 Å². The maximum Gasteiger partial charge on any atom is 0.126 e. The zero-order valence-electron chi connectivity index (χ0n) is 8.43. The molecule has 0 fully saturated rings. The fourth-order valence-electron chi connectivity index (χ4n) is 1.35. The summed E-state index contributed by atoms with van der Waals surface area (Å²) in [6.45, 7) is 3.97. The molecule has 0 radical (unpaired) electrons. The first-order valence-corrected chi connectivity index (χ1v) is 4.76. The van der Waals surface area contributed by atoms with Crippen LogP contribution in [-0.2, 0) is 0 Å². The molecule has 1 aromatic rings. The number of hydrogen-bond acceptors (Lipinski definition) is 1. The average Bonchev–Trinajstić information content (AvgIpc) is 2.14. The van der Waals surface area contributed by atoms with E-state index in [1.165, 1.54) is 12.1 Å². The summed E-state index contributed by atoms with van der Waals surface area (Å²) < 4.78 is 25.7. The standard InChI is InChI=1S/C11H15F2N/c1-3-7(2)11(14)8-4-9(12)6-10(13)5-8/h4-7,11H,3,14H2,1-2H3/t7?,11-/m0/s1. The van der Waals surface area contributed by atoms with Gasteiger partial charge in [0.25, 0.3) is 0 Å². The van der Waals surface area contributed by atoms with Crippen molar-refractivity contribution in [2.24, 2.45) is 11.7 Å². The maximum absolute atomic E-state index is 12.9. The first-order chi connectivity index (χ1) is 6.54. The minimum absolute atomic E-state index is 0.219. The van der Waals surface area contributed by atoms with Crippen molar-refractivity contribution >= 4 is 0 Å². The molecule has 1 aromatic carbocycles. The van der Waals surface area contributed by atoms with Gasteiger partial charge in [0, 0.05) is 12.1 Å². The zero-order valence-corrected chi connectivity index (χ0v) is 8.43. The first-order valence-electron chi connectivity index (χ1n) is 4.76. The molecule has 0 aliphatic heterocycles. The van der Waals surface area contributed by atoms with Crippen molar-refractivity contribution in [3.05, 3.63) is 35.4 Å². The largest absolute Gasteiger partial charge is 0.324 e. The Hall–Kier alpha value is -0.960. The van der Waals surface area contributed by atoms with Crippen LogP contribution in [0.25, 0.3) is 0 Å². The van der Waals surface area contributed by atoms with Crippen LogP contribution in [0, 0.1) is 17.6 Å². The third-order valence-electron chi connectivity index (χ3n) is 2.53. The monoisotopic (exact) mass is 199 g/mol. The molecular weight excluding hydrogens is 184 g/mol. The molecule has 0 spiro atoms. The number of hydrogen-bond donors (Lipinski definition) is 1.